The monoisotopic (exact) mass is 328 g/mol. The number of carbonyl (C=O) groups excluding carboxylic acids is 1. The van der Waals surface area contributed by atoms with Crippen LogP contribution in [-0.2, 0) is 4.79 Å². The highest BCUT2D eigenvalue weighted by Crippen LogP contribution is 2.33. The summed E-state index contributed by atoms with van der Waals surface area (Å²) in [6, 6.07) is 10.5. The van der Waals surface area contributed by atoms with Gasteiger partial charge < -0.3 is 4.90 Å². The van der Waals surface area contributed by atoms with Crippen molar-refractivity contribution in [2.45, 2.75) is 30.6 Å². The smallest absolute Gasteiger partial charge is 0.240 e. The maximum atomic E-state index is 13.0. The first-order chi connectivity index (χ1) is 11.3. The molecule has 0 saturated carbocycles. The van der Waals surface area contributed by atoms with Crippen molar-refractivity contribution in [3.05, 3.63) is 35.9 Å². The van der Waals surface area contributed by atoms with Crippen LogP contribution in [0.15, 0.2) is 30.3 Å². The molecule has 0 bridgehead atoms. The van der Waals surface area contributed by atoms with Crippen LogP contribution in [0.5, 0.6) is 0 Å². The van der Waals surface area contributed by atoms with Gasteiger partial charge in [0.05, 0.1) is 12.6 Å². The summed E-state index contributed by atoms with van der Waals surface area (Å²) in [5.74, 6) is 4.00. The lowest BCUT2D eigenvalue weighted by Gasteiger charge is -2.39. The van der Waals surface area contributed by atoms with Crippen LogP contribution in [0, 0.1) is 12.3 Å². The Bertz CT molecular complexity index is 568. The molecule has 1 aromatic rings. The molecule has 0 aliphatic carbocycles. The highest BCUT2D eigenvalue weighted by molar-refractivity contribution is 7.99. The Morgan fingerprint density at radius 3 is 2.87 bits per heavy atom. The predicted octanol–water partition coefficient (Wildman–Crippen LogP) is 2.79. The molecule has 2 heterocycles. The number of benzene rings is 1. The van der Waals surface area contributed by atoms with Gasteiger partial charge in [-0.2, -0.15) is 11.8 Å². The Morgan fingerprint density at radius 2 is 2.09 bits per heavy atom. The lowest BCUT2D eigenvalue weighted by atomic mass is 10.0. The topological polar surface area (TPSA) is 23.6 Å². The molecule has 2 atom stereocenters. The zero-order valence-electron chi connectivity index (χ0n) is 13.5. The van der Waals surface area contributed by atoms with E-state index in [9.17, 15) is 4.79 Å². The average molecular weight is 328 g/mol. The number of piperidine rings is 1. The van der Waals surface area contributed by atoms with E-state index in [1.165, 1.54) is 5.56 Å². The van der Waals surface area contributed by atoms with Crippen LogP contribution in [-0.4, -0.2) is 53.7 Å². The van der Waals surface area contributed by atoms with Gasteiger partial charge in [0.1, 0.15) is 0 Å². The number of carbonyl (C=O) groups is 1. The lowest BCUT2D eigenvalue weighted by molar-refractivity contribution is -0.137. The number of amides is 1. The van der Waals surface area contributed by atoms with Gasteiger partial charge in [-0.25, -0.2) is 0 Å². The third kappa shape index (κ3) is 3.91. The Kier molecular flexibility index (Phi) is 5.64. The molecule has 23 heavy (non-hydrogen) atoms. The van der Waals surface area contributed by atoms with E-state index in [1.807, 2.05) is 17.8 Å². The predicted molar refractivity (Wildman–Crippen MR) is 96.3 cm³/mol. The highest BCUT2D eigenvalue weighted by atomic mass is 32.2. The molecule has 2 aliphatic heterocycles. The van der Waals surface area contributed by atoms with E-state index in [0.717, 1.165) is 44.6 Å². The zero-order chi connectivity index (χ0) is 16.1. The minimum atomic E-state index is -0.0145. The van der Waals surface area contributed by atoms with Crippen LogP contribution in [0.25, 0.3) is 0 Å². The van der Waals surface area contributed by atoms with Gasteiger partial charge in [0.15, 0.2) is 0 Å². The second kappa shape index (κ2) is 7.90. The van der Waals surface area contributed by atoms with Crippen molar-refractivity contribution in [2.75, 3.05) is 31.9 Å². The molecule has 1 aromatic carbocycles. The Balaban J connectivity index is 1.68. The number of likely N-dealkylation sites (tertiary alicyclic amines) is 1. The SMILES string of the molecule is C#CCN1CCCCC1C(=O)N1CCSC(c2ccccc2)C1. The Hall–Kier alpha value is -1.44. The van der Waals surface area contributed by atoms with Gasteiger partial charge in [-0.05, 0) is 24.9 Å². The van der Waals surface area contributed by atoms with Crippen LogP contribution in [0.2, 0.25) is 0 Å². The van der Waals surface area contributed by atoms with E-state index in [-0.39, 0.29) is 11.9 Å². The third-order valence-electron chi connectivity index (χ3n) is 4.74. The summed E-state index contributed by atoms with van der Waals surface area (Å²) < 4.78 is 0. The summed E-state index contributed by atoms with van der Waals surface area (Å²) >= 11 is 1.96. The van der Waals surface area contributed by atoms with Gasteiger partial charge in [-0.15, -0.1) is 6.42 Å². The highest BCUT2D eigenvalue weighted by Gasteiger charge is 2.34. The second-order valence-electron chi connectivity index (χ2n) is 6.24. The molecule has 3 rings (SSSR count). The molecule has 2 saturated heterocycles. The summed E-state index contributed by atoms with van der Waals surface area (Å²) in [6.07, 6.45) is 8.70. The Morgan fingerprint density at radius 1 is 1.26 bits per heavy atom. The molecule has 4 heteroatoms. The average Bonchev–Trinajstić information content (AvgIpc) is 2.63. The molecule has 2 aliphatic rings. The van der Waals surface area contributed by atoms with Gasteiger partial charge >= 0.3 is 0 Å². The third-order valence-corrected chi connectivity index (χ3v) is 5.98. The van der Waals surface area contributed by atoms with Crippen LogP contribution in [0.1, 0.15) is 30.1 Å². The van der Waals surface area contributed by atoms with Crippen LogP contribution in [0.4, 0.5) is 0 Å². The second-order valence-corrected chi connectivity index (χ2v) is 7.55. The van der Waals surface area contributed by atoms with Crippen LogP contribution >= 0.6 is 11.8 Å². The maximum Gasteiger partial charge on any atom is 0.240 e. The number of rotatable bonds is 3. The molecule has 0 aromatic heterocycles. The van der Waals surface area contributed by atoms with Crippen molar-refractivity contribution in [1.82, 2.24) is 9.80 Å². The van der Waals surface area contributed by atoms with Crippen molar-refractivity contribution in [2.24, 2.45) is 0 Å². The standard InChI is InChI=1S/C19H24N2OS/c1-2-11-20-12-7-6-10-17(20)19(22)21-13-14-23-18(15-21)16-8-4-3-5-9-16/h1,3-5,8-9,17-18H,6-7,10-15H2. The van der Waals surface area contributed by atoms with Crippen molar-refractivity contribution in [1.29, 1.82) is 0 Å². The van der Waals surface area contributed by atoms with Gasteiger partial charge in [0.2, 0.25) is 5.91 Å². The first kappa shape index (κ1) is 16.4. The molecular formula is C19H24N2OS. The summed E-state index contributed by atoms with van der Waals surface area (Å²) in [7, 11) is 0. The normalized spacial score (nSPS) is 25.8. The van der Waals surface area contributed by atoms with Gasteiger partial charge in [0, 0.05) is 24.1 Å². The van der Waals surface area contributed by atoms with Gasteiger partial charge in [-0.1, -0.05) is 42.7 Å². The first-order valence-electron chi connectivity index (χ1n) is 8.42. The van der Waals surface area contributed by atoms with E-state index in [1.54, 1.807) is 0 Å². The number of terminal acetylenes is 1. The fourth-order valence-electron chi connectivity index (χ4n) is 3.51. The lowest BCUT2D eigenvalue weighted by Crippen LogP contribution is -2.53. The fraction of sp³-hybridized carbons (Fsp3) is 0.526. The molecule has 2 unspecified atom stereocenters. The number of nitrogens with zero attached hydrogens (tertiary/aromatic N) is 2. The summed E-state index contributed by atoms with van der Waals surface area (Å²) in [6.45, 7) is 3.20. The van der Waals surface area contributed by atoms with E-state index >= 15 is 0 Å². The van der Waals surface area contributed by atoms with Crippen LogP contribution < -0.4 is 0 Å². The fourth-order valence-corrected chi connectivity index (χ4v) is 4.75. The molecule has 122 valence electrons. The number of thioether (sulfide) groups is 1. The number of hydrogen-bond donors (Lipinski definition) is 0. The molecule has 2 fully saturated rings. The van der Waals surface area contributed by atoms with Gasteiger partial charge in [0.25, 0.3) is 0 Å². The summed E-state index contributed by atoms with van der Waals surface area (Å²) in [4.78, 5) is 17.3. The first-order valence-corrected chi connectivity index (χ1v) is 9.47. The van der Waals surface area contributed by atoms with Crippen molar-refractivity contribution in [3.8, 4) is 12.3 Å². The molecular weight excluding hydrogens is 304 g/mol. The van der Waals surface area contributed by atoms with E-state index in [2.05, 4.69) is 40.0 Å². The van der Waals surface area contributed by atoms with Gasteiger partial charge in [-0.3, -0.25) is 9.69 Å². The van der Waals surface area contributed by atoms with Crippen molar-refractivity contribution >= 4 is 17.7 Å². The quantitative estimate of drug-likeness (QED) is 0.797. The molecule has 1 amide bonds. The molecule has 0 spiro atoms. The number of hydrogen-bond acceptors (Lipinski definition) is 3. The van der Waals surface area contributed by atoms with E-state index in [4.69, 9.17) is 6.42 Å². The van der Waals surface area contributed by atoms with E-state index in [0.29, 0.717) is 11.8 Å². The summed E-state index contributed by atoms with van der Waals surface area (Å²) in [5, 5.41) is 0.388. The Labute approximate surface area is 143 Å². The van der Waals surface area contributed by atoms with E-state index < -0.39 is 0 Å². The van der Waals surface area contributed by atoms with Crippen molar-refractivity contribution < 1.29 is 4.79 Å². The molecule has 3 nitrogen and oxygen atoms in total. The largest absolute Gasteiger partial charge is 0.339 e. The van der Waals surface area contributed by atoms with Crippen LogP contribution in [0.3, 0.4) is 0 Å². The molecule has 0 N–H and O–H groups in total. The minimum absolute atomic E-state index is 0.0145. The zero-order valence-corrected chi connectivity index (χ0v) is 14.3. The van der Waals surface area contributed by atoms with Crippen molar-refractivity contribution in [3.63, 3.8) is 0 Å². The molecule has 0 radical (unpaired) electrons. The summed E-state index contributed by atoms with van der Waals surface area (Å²) in [5.41, 5.74) is 1.32. The maximum absolute atomic E-state index is 13.0. The minimum Gasteiger partial charge on any atom is -0.339 e.